The minimum absolute atomic E-state index is 0.136. The quantitative estimate of drug-likeness (QED) is 0.497. The third kappa shape index (κ3) is 3.50. The number of carbonyl (C=O) groups excluding carboxylic acids is 1. The van der Waals surface area contributed by atoms with E-state index in [-0.39, 0.29) is 11.9 Å². The molecule has 7 heteroatoms. The number of aromatic nitrogens is 1. The molecule has 4 rings (SSSR count). The van der Waals surface area contributed by atoms with E-state index in [2.05, 4.69) is 26.0 Å². The first-order valence-electron chi connectivity index (χ1n) is 8.73. The third-order valence-corrected chi connectivity index (χ3v) is 5.61. The SMILES string of the molecule is COc1ccc2cc([C@@H]3CC(c4ccc(Br)cc4)=NN3C(C)=O)c(Cl)nc2c1. The highest BCUT2D eigenvalue weighted by Crippen LogP contribution is 2.37. The van der Waals surface area contributed by atoms with Crippen molar-refractivity contribution < 1.29 is 9.53 Å². The Morgan fingerprint density at radius 1 is 1.21 bits per heavy atom. The van der Waals surface area contributed by atoms with E-state index < -0.39 is 0 Å². The lowest BCUT2D eigenvalue weighted by Gasteiger charge is -2.21. The maximum absolute atomic E-state index is 12.3. The van der Waals surface area contributed by atoms with Crippen molar-refractivity contribution in [1.29, 1.82) is 0 Å². The van der Waals surface area contributed by atoms with Crippen LogP contribution < -0.4 is 4.74 Å². The van der Waals surface area contributed by atoms with Crippen LogP contribution >= 0.6 is 27.5 Å². The van der Waals surface area contributed by atoms with Crippen LogP contribution in [0.1, 0.15) is 30.5 Å². The van der Waals surface area contributed by atoms with Crippen molar-refractivity contribution in [2.75, 3.05) is 7.11 Å². The first-order valence-corrected chi connectivity index (χ1v) is 9.91. The van der Waals surface area contributed by atoms with Gasteiger partial charge in [-0.1, -0.05) is 39.7 Å². The summed E-state index contributed by atoms with van der Waals surface area (Å²) < 4.78 is 6.25. The fourth-order valence-corrected chi connectivity index (χ4v) is 3.90. The Labute approximate surface area is 176 Å². The fourth-order valence-electron chi connectivity index (χ4n) is 3.36. The van der Waals surface area contributed by atoms with Gasteiger partial charge in [0.1, 0.15) is 10.9 Å². The highest BCUT2D eigenvalue weighted by molar-refractivity contribution is 9.10. The molecule has 2 heterocycles. The smallest absolute Gasteiger partial charge is 0.240 e. The maximum Gasteiger partial charge on any atom is 0.240 e. The summed E-state index contributed by atoms with van der Waals surface area (Å²) in [7, 11) is 1.61. The van der Waals surface area contributed by atoms with Crippen molar-refractivity contribution in [2.24, 2.45) is 5.10 Å². The average Bonchev–Trinajstić information content (AvgIpc) is 3.13. The molecule has 0 bridgehead atoms. The van der Waals surface area contributed by atoms with E-state index in [0.29, 0.717) is 11.6 Å². The molecule has 0 fully saturated rings. The molecule has 1 aromatic heterocycles. The van der Waals surface area contributed by atoms with Crippen LogP contribution in [0.3, 0.4) is 0 Å². The number of halogens is 2. The number of hydrogen-bond acceptors (Lipinski definition) is 4. The Hall–Kier alpha value is -2.44. The van der Waals surface area contributed by atoms with E-state index in [4.69, 9.17) is 16.3 Å². The van der Waals surface area contributed by atoms with Gasteiger partial charge in [0.15, 0.2) is 0 Å². The van der Waals surface area contributed by atoms with Crippen LogP contribution in [-0.2, 0) is 4.79 Å². The van der Waals surface area contributed by atoms with Crippen LogP contribution in [-0.4, -0.2) is 28.7 Å². The molecule has 3 aromatic rings. The number of carbonyl (C=O) groups is 1. The second-order valence-corrected chi connectivity index (χ2v) is 7.84. The number of ether oxygens (including phenoxy) is 1. The highest BCUT2D eigenvalue weighted by Gasteiger charge is 2.33. The third-order valence-electron chi connectivity index (χ3n) is 4.77. The number of hydrogen-bond donors (Lipinski definition) is 0. The zero-order chi connectivity index (χ0) is 19.8. The van der Waals surface area contributed by atoms with Gasteiger partial charge in [0.2, 0.25) is 5.91 Å². The number of pyridine rings is 1. The van der Waals surface area contributed by atoms with Gasteiger partial charge in [0, 0.05) is 34.8 Å². The van der Waals surface area contributed by atoms with Crippen LogP contribution in [0.15, 0.2) is 58.1 Å². The Morgan fingerprint density at radius 2 is 1.96 bits per heavy atom. The lowest BCUT2D eigenvalue weighted by Crippen LogP contribution is -2.24. The standard InChI is InChI=1S/C21H17BrClN3O2/c1-12(27)26-20(11-19(25-26)13-3-6-15(22)7-4-13)17-9-14-5-8-16(28-2)10-18(14)24-21(17)23/h3-10,20H,11H2,1-2H3/t20-/m0/s1. The molecule has 142 valence electrons. The van der Waals surface area contributed by atoms with Crippen molar-refractivity contribution in [3.8, 4) is 5.75 Å². The molecule has 0 unspecified atom stereocenters. The minimum atomic E-state index is -0.289. The summed E-state index contributed by atoms with van der Waals surface area (Å²) in [4.78, 5) is 16.8. The van der Waals surface area contributed by atoms with Crippen molar-refractivity contribution in [3.05, 3.63) is 69.3 Å². The monoisotopic (exact) mass is 457 g/mol. The molecule has 0 spiro atoms. The summed E-state index contributed by atoms with van der Waals surface area (Å²) in [5.41, 5.74) is 3.35. The number of nitrogens with zero attached hydrogens (tertiary/aromatic N) is 3. The maximum atomic E-state index is 12.3. The second kappa shape index (κ2) is 7.53. The summed E-state index contributed by atoms with van der Waals surface area (Å²) >= 11 is 9.96. The molecular weight excluding hydrogens is 442 g/mol. The van der Waals surface area contributed by atoms with E-state index in [1.165, 1.54) is 11.9 Å². The number of hydrazone groups is 1. The summed E-state index contributed by atoms with van der Waals surface area (Å²) in [6.07, 6.45) is 0.574. The van der Waals surface area contributed by atoms with Crippen LogP contribution in [0.4, 0.5) is 0 Å². The fraction of sp³-hybridized carbons (Fsp3) is 0.190. The molecule has 1 aliphatic heterocycles. The van der Waals surface area contributed by atoms with Crippen molar-refractivity contribution in [3.63, 3.8) is 0 Å². The predicted molar refractivity (Wildman–Crippen MR) is 114 cm³/mol. The Kier molecular flexibility index (Phi) is 5.08. The number of fused-ring (bicyclic) bond motifs is 1. The van der Waals surface area contributed by atoms with Crippen molar-refractivity contribution >= 4 is 50.1 Å². The molecule has 0 aliphatic carbocycles. The van der Waals surface area contributed by atoms with Gasteiger partial charge in [-0.15, -0.1) is 0 Å². The van der Waals surface area contributed by atoms with E-state index in [9.17, 15) is 4.79 Å². The van der Waals surface area contributed by atoms with E-state index >= 15 is 0 Å². The first kappa shape index (κ1) is 18.9. The molecule has 5 nitrogen and oxygen atoms in total. The van der Waals surface area contributed by atoms with E-state index in [1.807, 2.05) is 48.5 Å². The second-order valence-electron chi connectivity index (χ2n) is 6.56. The largest absolute Gasteiger partial charge is 0.497 e. The summed E-state index contributed by atoms with van der Waals surface area (Å²) in [6.45, 7) is 1.51. The zero-order valence-corrected chi connectivity index (χ0v) is 17.7. The number of rotatable bonds is 3. The molecule has 0 saturated heterocycles. The number of amides is 1. The molecule has 2 aromatic carbocycles. The van der Waals surface area contributed by atoms with Gasteiger partial charge in [0.25, 0.3) is 0 Å². The van der Waals surface area contributed by atoms with Gasteiger partial charge in [-0.3, -0.25) is 4.79 Å². The van der Waals surface area contributed by atoms with Crippen LogP contribution in [0, 0.1) is 0 Å². The molecule has 0 saturated carbocycles. The molecule has 0 radical (unpaired) electrons. The van der Waals surface area contributed by atoms with Crippen LogP contribution in [0.2, 0.25) is 5.15 Å². The molecule has 0 N–H and O–H groups in total. The number of benzene rings is 2. The Balaban J connectivity index is 1.74. The lowest BCUT2D eigenvalue weighted by atomic mass is 9.98. The summed E-state index contributed by atoms with van der Waals surface area (Å²) in [5, 5.41) is 7.36. The lowest BCUT2D eigenvalue weighted by molar-refractivity contribution is -0.130. The van der Waals surface area contributed by atoms with Crippen molar-refractivity contribution in [2.45, 2.75) is 19.4 Å². The first-order chi connectivity index (χ1) is 13.5. The highest BCUT2D eigenvalue weighted by atomic mass is 79.9. The molecule has 1 amide bonds. The van der Waals surface area contributed by atoms with Gasteiger partial charge < -0.3 is 4.74 Å². The number of methoxy groups -OCH3 is 1. The van der Waals surface area contributed by atoms with Gasteiger partial charge >= 0.3 is 0 Å². The van der Waals surface area contributed by atoms with E-state index in [0.717, 1.165) is 38.0 Å². The molecule has 1 atom stereocenters. The van der Waals surface area contributed by atoms with Gasteiger partial charge in [0.05, 0.1) is 24.4 Å². The molecule has 1 aliphatic rings. The average molecular weight is 459 g/mol. The normalized spacial score (nSPS) is 16.4. The van der Waals surface area contributed by atoms with Gasteiger partial charge in [-0.05, 0) is 35.9 Å². The predicted octanol–water partition coefficient (Wildman–Crippen LogP) is 5.36. The topological polar surface area (TPSA) is 54.8 Å². The summed E-state index contributed by atoms with van der Waals surface area (Å²) in [6, 6.07) is 15.2. The van der Waals surface area contributed by atoms with Crippen LogP contribution in [0.25, 0.3) is 10.9 Å². The Morgan fingerprint density at radius 3 is 2.64 bits per heavy atom. The Bertz CT molecular complexity index is 1100. The zero-order valence-electron chi connectivity index (χ0n) is 15.3. The van der Waals surface area contributed by atoms with Crippen LogP contribution in [0.5, 0.6) is 5.75 Å². The molecule has 28 heavy (non-hydrogen) atoms. The molecular formula is C21H17BrClN3O2. The van der Waals surface area contributed by atoms with Gasteiger partial charge in [-0.2, -0.15) is 5.10 Å². The minimum Gasteiger partial charge on any atom is -0.497 e. The summed E-state index contributed by atoms with van der Waals surface area (Å²) in [5.74, 6) is 0.582. The van der Waals surface area contributed by atoms with Gasteiger partial charge in [-0.25, -0.2) is 9.99 Å². The van der Waals surface area contributed by atoms with Crippen molar-refractivity contribution in [1.82, 2.24) is 9.99 Å². The van der Waals surface area contributed by atoms with E-state index in [1.54, 1.807) is 7.11 Å².